The topological polar surface area (TPSA) is 61.4 Å². The highest BCUT2D eigenvalue weighted by Crippen LogP contribution is 2.23. The van der Waals surface area contributed by atoms with Crippen LogP contribution < -0.4 is 10.6 Å². The van der Waals surface area contributed by atoms with E-state index in [0.717, 1.165) is 17.8 Å². The van der Waals surface area contributed by atoms with E-state index in [9.17, 15) is 9.90 Å². The number of hydrogen-bond donors (Lipinski definition) is 3. The number of amides is 2. The van der Waals surface area contributed by atoms with Gasteiger partial charge in [-0.1, -0.05) is 19.3 Å². The molecule has 19 heavy (non-hydrogen) atoms. The van der Waals surface area contributed by atoms with Crippen LogP contribution >= 0.6 is 0 Å². The average molecular weight is 262 g/mol. The Bertz CT molecular complexity index is 440. The summed E-state index contributed by atoms with van der Waals surface area (Å²) in [6.07, 6.45) is 6.34. The Morgan fingerprint density at radius 1 is 1.32 bits per heavy atom. The van der Waals surface area contributed by atoms with Gasteiger partial charge in [0.05, 0.1) is 0 Å². The predicted octanol–water partition coefficient (Wildman–Crippen LogP) is 3.40. The Kier molecular flexibility index (Phi) is 4.66. The quantitative estimate of drug-likeness (QED) is 0.731. The van der Waals surface area contributed by atoms with Crippen molar-refractivity contribution in [2.45, 2.75) is 39.0 Å². The smallest absolute Gasteiger partial charge is 0.319 e. The van der Waals surface area contributed by atoms with Crippen LogP contribution in [0.2, 0.25) is 0 Å². The largest absolute Gasteiger partial charge is 0.508 e. The third kappa shape index (κ3) is 4.16. The number of phenols is 1. The Morgan fingerprint density at radius 2 is 2.05 bits per heavy atom. The Hall–Kier alpha value is -1.71. The molecule has 1 aromatic rings. The van der Waals surface area contributed by atoms with E-state index in [2.05, 4.69) is 10.6 Å². The third-order valence-corrected chi connectivity index (χ3v) is 3.73. The maximum absolute atomic E-state index is 11.8. The van der Waals surface area contributed by atoms with Crippen molar-refractivity contribution < 1.29 is 9.90 Å². The number of aryl methyl sites for hydroxylation is 1. The van der Waals surface area contributed by atoms with Gasteiger partial charge in [0.2, 0.25) is 0 Å². The summed E-state index contributed by atoms with van der Waals surface area (Å²) >= 11 is 0. The molecule has 4 nitrogen and oxygen atoms in total. The molecule has 0 radical (unpaired) electrons. The van der Waals surface area contributed by atoms with E-state index in [-0.39, 0.29) is 11.8 Å². The first-order valence-corrected chi connectivity index (χ1v) is 6.99. The van der Waals surface area contributed by atoms with Crippen LogP contribution in [0.25, 0.3) is 0 Å². The van der Waals surface area contributed by atoms with Crippen LogP contribution in [0, 0.1) is 12.8 Å². The standard InChI is InChI=1S/C15H22N2O2/c1-11-9-13(18)7-8-14(11)17-15(19)16-10-12-5-3-2-4-6-12/h7-9,12,18H,2-6,10H2,1H3,(H2,16,17,19). The van der Waals surface area contributed by atoms with Gasteiger partial charge in [0.1, 0.15) is 5.75 Å². The first kappa shape index (κ1) is 13.7. The van der Waals surface area contributed by atoms with E-state index in [4.69, 9.17) is 0 Å². The first-order chi connectivity index (χ1) is 9.15. The highest BCUT2D eigenvalue weighted by atomic mass is 16.3. The van der Waals surface area contributed by atoms with Crippen molar-refractivity contribution in [1.82, 2.24) is 5.32 Å². The van der Waals surface area contributed by atoms with Crippen molar-refractivity contribution in [3.05, 3.63) is 23.8 Å². The van der Waals surface area contributed by atoms with E-state index in [1.807, 2.05) is 6.92 Å². The van der Waals surface area contributed by atoms with Gasteiger partial charge in [0, 0.05) is 12.2 Å². The summed E-state index contributed by atoms with van der Waals surface area (Å²) < 4.78 is 0. The Morgan fingerprint density at radius 3 is 2.74 bits per heavy atom. The average Bonchev–Trinajstić information content (AvgIpc) is 2.41. The summed E-state index contributed by atoms with van der Waals surface area (Å²) in [5.74, 6) is 0.839. The molecule has 1 fully saturated rings. The molecule has 1 aliphatic rings. The number of benzene rings is 1. The summed E-state index contributed by atoms with van der Waals surface area (Å²) in [5, 5.41) is 15.1. The van der Waals surface area contributed by atoms with Gasteiger partial charge in [-0.2, -0.15) is 0 Å². The molecule has 0 spiro atoms. The van der Waals surface area contributed by atoms with Crippen LogP contribution in [-0.4, -0.2) is 17.7 Å². The van der Waals surface area contributed by atoms with Gasteiger partial charge in [0.15, 0.2) is 0 Å². The van der Waals surface area contributed by atoms with E-state index >= 15 is 0 Å². The molecule has 2 amide bonds. The lowest BCUT2D eigenvalue weighted by molar-refractivity contribution is 0.247. The van der Waals surface area contributed by atoms with Crippen LogP contribution in [0.3, 0.4) is 0 Å². The van der Waals surface area contributed by atoms with Crippen molar-refractivity contribution in [3.8, 4) is 5.75 Å². The molecule has 4 heteroatoms. The minimum absolute atomic E-state index is 0.167. The molecule has 104 valence electrons. The van der Waals surface area contributed by atoms with Gasteiger partial charge in [-0.3, -0.25) is 0 Å². The Balaban J connectivity index is 1.80. The summed E-state index contributed by atoms with van der Waals surface area (Å²) in [7, 11) is 0. The second kappa shape index (κ2) is 6.45. The number of urea groups is 1. The molecule has 3 N–H and O–H groups in total. The van der Waals surface area contributed by atoms with Crippen molar-refractivity contribution in [2.75, 3.05) is 11.9 Å². The SMILES string of the molecule is Cc1cc(O)ccc1NC(=O)NCC1CCCCC1. The van der Waals surface area contributed by atoms with E-state index in [1.54, 1.807) is 18.2 Å². The molecule has 0 saturated heterocycles. The van der Waals surface area contributed by atoms with Crippen LogP contribution in [0.5, 0.6) is 5.75 Å². The molecular formula is C15H22N2O2. The minimum atomic E-state index is -0.167. The van der Waals surface area contributed by atoms with Gasteiger partial charge >= 0.3 is 6.03 Å². The number of carbonyl (C=O) groups is 1. The lowest BCUT2D eigenvalue weighted by Crippen LogP contribution is -2.33. The number of hydrogen-bond acceptors (Lipinski definition) is 2. The summed E-state index contributed by atoms with van der Waals surface area (Å²) in [4.78, 5) is 11.8. The van der Waals surface area contributed by atoms with Crippen LogP contribution in [0.15, 0.2) is 18.2 Å². The molecule has 2 rings (SSSR count). The fraction of sp³-hybridized carbons (Fsp3) is 0.533. The van der Waals surface area contributed by atoms with Gasteiger partial charge in [-0.15, -0.1) is 0 Å². The van der Waals surface area contributed by atoms with Crippen molar-refractivity contribution in [2.24, 2.45) is 5.92 Å². The maximum Gasteiger partial charge on any atom is 0.319 e. The van der Waals surface area contributed by atoms with Gasteiger partial charge < -0.3 is 15.7 Å². The van der Waals surface area contributed by atoms with E-state index < -0.39 is 0 Å². The van der Waals surface area contributed by atoms with Crippen molar-refractivity contribution in [1.29, 1.82) is 0 Å². The fourth-order valence-corrected chi connectivity index (χ4v) is 2.58. The molecule has 0 aromatic heterocycles. The highest BCUT2D eigenvalue weighted by Gasteiger charge is 2.14. The molecule has 0 aliphatic heterocycles. The first-order valence-electron chi connectivity index (χ1n) is 6.99. The molecule has 1 aliphatic carbocycles. The molecule has 0 bridgehead atoms. The van der Waals surface area contributed by atoms with Gasteiger partial charge in [-0.25, -0.2) is 4.79 Å². The fourth-order valence-electron chi connectivity index (χ4n) is 2.58. The highest BCUT2D eigenvalue weighted by molar-refractivity contribution is 5.90. The number of carbonyl (C=O) groups excluding carboxylic acids is 1. The zero-order valence-corrected chi connectivity index (χ0v) is 11.4. The number of phenolic OH excluding ortho intramolecular Hbond substituents is 1. The zero-order chi connectivity index (χ0) is 13.7. The van der Waals surface area contributed by atoms with Crippen LogP contribution in [0.4, 0.5) is 10.5 Å². The Labute approximate surface area is 114 Å². The monoisotopic (exact) mass is 262 g/mol. The molecule has 1 saturated carbocycles. The molecule has 0 unspecified atom stereocenters. The number of aromatic hydroxyl groups is 1. The second-order valence-corrected chi connectivity index (χ2v) is 5.34. The minimum Gasteiger partial charge on any atom is -0.508 e. The lowest BCUT2D eigenvalue weighted by Gasteiger charge is -2.21. The zero-order valence-electron chi connectivity index (χ0n) is 11.4. The number of nitrogens with one attached hydrogen (secondary N) is 2. The van der Waals surface area contributed by atoms with Gasteiger partial charge in [0.25, 0.3) is 0 Å². The van der Waals surface area contributed by atoms with Crippen molar-refractivity contribution in [3.63, 3.8) is 0 Å². The lowest BCUT2D eigenvalue weighted by atomic mass is 9.89. The second-order valence-electron chi connectivity index (χ2n) is 5.34. The van der Waals surface area contributed by atoms with Gasteiger partial charge in [-0.05, 0) is 49.4 Å². The van der Waals surface area contributed by atoms with Crippen molar-refractivity contribution >= 4 is 11.7 Å². The molecule has 1 aromatic carbocycles. The molecule has 0 heterocycles. The number of rotatable bonds is 3. The van der Waals surface area contributed by atoms with E-state index in [1.165, 1.54) is 32.1 Å². The third-order valence-electron chi connectivity index (χ3n) is 3.73. The predicted molar refractivity (Wildman–Crippen MR) is 76.4 cm³/mol. The summed E-state index contributed by atoms with van der Waals surface area (Å²) in [5.41, 5.74) is 1.59. The van der Waals surface area contributed by atoms with Crippen LogP contribution in [0.1, 0.15) is 37.7 Å². The molecule has 0 atom stereocenters. The number of anilines is 1. The summed E-state index contributed by atoms with van der Waals surface area (Å²) in [6, 6.07) is 4.75. The van der Waals surface area contributed by atoms with E-state index in [0.29, 0.717) is 5.92 Å². The molecular weight excluding hydrogens is 240 g/mol. The maximum atomic E-state index is 11.8. The summed E-state index contributed by atoms with van der Waals surface area (Å²) in [6.45, 7) is 2.61. The normalized spacial score (nSPS) is 16.1. The van der Waals surface area contributed by atoms with Crippen LogP contribution in [-0.2, 0) is 0 Å².